The van der Waals surface area contributed by atoms with Crippen molar-refractivity contribution in [3.63, 3.8) is 0 Å². The maximum Gasteiger partial charge on any atom is 0.0525 e. The van der Waals surface area contributed by atoms with Crippen LogP contribution in [0.3, 0.4) is 0 Å². The van der Waals surface area contributed by atoms with E-state index in [-0.39, 0.29) is 0 Å². The van der Waals surface area contributed by atoms with Crippen LogP contribution in [0.5, 0.6) is 0 Å². The number of aryl methyl sites for hydroxylation is 2. The summed E-state index contributed by atoms with van der Waals surface area (Å²) in [7, 11) is 0. The molecule has 16 heavy (non-hydrogen) atoms. The van der Waals surface area contributed by atoms with Crippen molar-refractivity contribution in [3.05, 3.63) is 52.8 Å². The Balaban J connectivity index is 2.08. The van der Waals surface area contributed by atoms with E-state index in [4.69, 9.17) is 0 Å². The lowest BCUT2D eigenvalue weighted by Gasteiger charge is -2.02. The number of hydrogen-bond acceptors (Lipinski definition) is 1. The zero-order valence-corrected chi connectivity index (χ0v) is 9.96. The fourth-order valence-electron chi connectivity index (χ4n) is 1.89. The van der Waals surface area contributed by atoms with Crippen LogP contribution in [0.2, 0.25) is 0 Å². The Morgan fingerprint density at radius 2 is 1.81 bits per heavy atom. The van der Waals surface area contributed by atoms with E-state index < -0.39 is 0 Å². The molecule has 0 amide bonds. The van der Waals surface area contributed by atoms with Crippen molar-refractivity contribution >= 4 is 0 Å². The fourth-order valence-corrected chi connectivity index (χ4v) is 1.89. The van der Waals surface area contributed by atoms with Crippen molar-refractivity contribution in [2.75, 3.05) is 0 Å². The number of rotatable bonds is 4. The van der Waals surface area contributed by atoms with Gasteiger partial charge in [0.15, 0.2) is 0 Å². The molecule has 1 aromatic carbocycles. The van der Waals surface area contributed by atoms with Gasteiger partial charge < -0.3 is 0 Å². The molecule has 0 aliphatic heterocycles. The molecule has 0 spiro atoms. The first-order chi connectivity index (χ1) is 7.79. The lowest BCUT2D eigenvalue weighted by atomic mass is 10.0. The minimum atomic E-state index is 0.967. The standard InChI is InChI=1S/C14H18N2/c1-3-4-12-5-7-13(8-6-12)9-14-10-15-16-11(14)2/h5-8,10H,3-4,9H2,1-2H3,(H,15,16). The second-order valence-corrected chi connectivity index (χ2v) is 4.26. The summed E-state index contributed by atoms with van der Waals surface area (Å²) in [6.07, 6.45) is 5.26. The number of hydrogen-bond donors (Lipinski definition) is 1. The predicted molar refractivity (Wildman–Crippen MR) is 66.6 cm³/mol. The summed E-state index contributed by atoms with van der Waals surface area (Å²) in [5, 5.41) is 7.01. The van der Waals surface area contributed by atoms with Crippen molar-refractivity contribution in [3.8, 4) is 0 Å². The van der Waals surface area contributed by atoms with Gasteiger partial charge in [-0.3, -0.25) is 5.10 Å². The molecule has 1 N–H and O–H groups in total. The van der Waals surface area contributed by atoms with Crippen LogP contribution >= 0.6 is 0 Å². The summed E-state index contributed by atoms with van der Waals surface area (Å²) in [5.74, 6) is 0. The van der Waals surface area contributed by atoms with Crippen LogP contribution in [-0.2, 0) is 12.8 Å². The van der Waals surface area contributed by atoms with Gasteiger partial charge >= 0.3 is 0 Å². The average Bonchev–Trinajstić information content (AvgIpc) is 2.68. The highest BCUT2D eigenvalue weighted by Gasteiger charge is 2.01. The number of aromatic amines is 1. The maximum absolute atomic E-state index is 4.04. The second-order valence-electron chi connectivity index (χ2n) is 4.26. The Labute approximate surface area is 96.7 Å². The monoisotopic (exact) mass is 214 g/mol. The molecular weight excluding hydrogens is 196 g/mol. The first-order valence-electron chi connectivity index (χ1n) is 5.86. The summed E-state index contributed by atoms with van der Waals surface area (Å²) < 4.78 is 0. The van der Waals surface area contributed by atoms with E-state index in [0.717, 1.165) is 12.1 Å². The normalized spacial score (nSPS) is 10.6. The van der Waals surface area contributed by atoms with Crippen molar-refractivity contribution in [2.24, 2.45) is 0 Å². The highest BCUT2D eigenvalue weighted by Crippen LogP contribution is 2.13. The molecule has 1 aromatic heterocycles. The minimum Gasteiger partial charge on any atom is -0.283 e. The van der Waals surface area contributed by atoms with Gasteiger partial charge in [-0.05, 0) is 30.0 Å². The highest BCUT2D eigenvalue weighted by molar-refractivity contribution is 5.29. The molecule has 0 fully saturated rings. The van der Waals surface area contributed by atoms with Gasteiger partial charge in [0.1, 0.15) is 0 Å². The Morgan fingerprint density at radius 1 is 1.12 bits per heavy atom. The highest BCUT2D eigenvalue weighted by atomic mass is 15.1. The van der Waals surface area contributed by atoms with Gasteiger partial charge in [-0.15, -0.1) is 0 Å². The van der Waals surface area contributed by atoms with Gasteiger partial charge in [-0.2, -0.15) is 5.10 Å². The van der Waals surface area contributed by atoms with E-state index in [2.05, 4.69) is 48.3 Å². The van der Waals surface area contributed by atoms with E-state index in [9.17, 15) is 0 Å². The van der Waals surface area contributed by atoms with Gasteiger partial charge in [0.25, 0.3) is 0 Å². The molecule has 0 aliphatic rings. The van der Waals surface area contributed by atoms with Gasteiger partial charge in [0.05, 0.1) is 6.20 Å². The SMILES string of the molecule is CCCc1ccc(Cc2cn[nH]c2C)cc1. The van der Waals surface area contributed by atoms with Crippen molar-refractivity contribution in [1.29, 1.82) is 0 Å². The lowest BCUT2D eigenvalue weighted by Crippen LogP contribution is -1.90. The van der Waals surface area contributed by atoms with E-state index in [1.807, 2.05) is 6.20 Å². The van der Waals surface area contributed by atoms with Crippen LogP contribution in [-0.4, -0.2) is 10.2 Å². The van der Waals surface area contributed by atoms with E-state index in [1.165, 1.54) is 29.5 Å². The molecular formula is C14H18N2. The lowest BCUT2D eigenvalue weighted by molar-refractivity contribution is 0.920. The number of nitrogens with zero attached hydrogens (tertiary/aromatic N) is 1. The van der Waals surface area contributed by atoms with E-state index in [0.29, 0.717) is 0 Å². The molecule has 0 atom stereocenters. The summed E-state index contributed by atoms with van der Waals surface area (Å²) in [4.78, 5) is 0. The Morgan fingerprint density at radius 3 is 2.38 bits per heavy atom. The molecule has 0 saturated heterocycles. The smallest absolute Gasteiger partial charge is 0.0525 e. The first-order valence-corrected chi connectivity index (χ1v) is 5.86. The fraction of sp³-hybridized carbons (Fsp3) is 0.357. The number of nitrogens with one attached hydrogen (secondary N) is 1. The summed E-state index contributed by atoms with van der Waals surface area (Å²) in [5.41, 5.74) is 5.22. The third-order valence-corrected chi connectivity index (χ3v) is 2.89. The van der Waals surface area contributed by atoms with Crippen LogP contribution in [0.25, 0.3) is 0 Å². The number of aromatic nitrogens is 2. The Bertz CT molecular complexity index is 440. The molecule has 0 saturated carbocycles. The zero-order valence-electron chi connectivity index (χ0n) is 9.96. The molecule has 1 heterocycles. The predicted octanol–water partition coefficient (Wildman–Crippen LogP) is 3.26. The van der Waals surface area contributed by atoms with Gasteiger partial charge in [-0.1, -0.05) is 37.6 Å². The van der Waals surface area contributed by atoms with Gasteiger partial charge in [0, 0.05) is 12.1 Å². The molecule has 0 unspecified atom stereocenters. The molecule has 84 valence electrons. The number of benzene rings is 1. The quantitative estimate of drug-likeness (QED) is 0.831. The summed E-state index contributed by atoms with van der Waals surface area (Å²) >= 11 is 0. The van der Waals surface area contributed by atoms with Crippen molar-refractivity contribution < 1.29 is 0 Å². The number of H-pyrrole nitrogens is 1. The molecule has 0 aliphatic carbocycles. The van der Waals surface area contributed by atoms with Crippen molar-refractivity contribution in [2.45, 2.75) is 33.1 Å². The van der Waals surface area contributed by atoms with Crippen molar-refractivity contribution in [1.82, 2.24) is 10.2 Å². The minimum absolute atomic E-state index is 0.967. The summed E-state index contributed by atoms with van der Waals surface area (Å²) in [6, 6.07) is 8.90. The second kappa shape index (κ2) is 4.97. The van der Waals surface area contributed by atoms with Gasteiger partial charge in [-0.25, -0.2) is 0 Å². The third-order valence-electron chi connectivity index (χ3n) is 2.89. The zero-order chi connectivity index (χ0) is 11.4. The largest absolute Gasteiger partial charge is 0.283 e. The average molecular weight is 214 g/mol. The molecule has 2 nitrogen and oxygen atoms in total. The van der Waals surface area contributed by atoms with Crippen LogP contribution < -0.4 is 0 Å². The molecule has 2 rings (SSSR count). The van der Waals surface area contributed by atoms with Crippen LogP contribution in [0, 0.1) is 6.92 Å². The first kappa shape index (κ1) is 10.9. The Hall–Kier alpha value is -1.57. The van der Waals surface area contributed by atoms with Crippen LogP contribution in [0.15, 0.2) is 30.5 Å². The van der Waals surface area contributed by atoms with E-state index in [1.54, 1.807) is 0 Å². The topological polar surface area (TPSA) is 28.7 Å². The van der Waals surface area contributed by atoms with Gasteiger partial charge in [0.2, 0.25) is 0 Å². The molecule has 0 bridgehead atoms. The third kappa shape index (κ3) is 2.51. The molecule has 2 aromatic rings. The maximum atomic E-state index is 4.04. The van der Waals surface area contributed by atoms with E-state index >= 15 is 0 Å². The molecule has 0 radical (unpaired) electrons. The van der Waals surface area contributed by atoms with Crippen LogP contribution in [0.4, 0.5) is 0 Å². The van der Waals surface area contributed by atoms with Crippen LogP contribution in [0.1, 0.15) is 35.7 Å². The Kier molecular flexibility index (Phi) is 3.40. The molecule has 2 heteroatoms. The summed E-state index contributed by atoms with van der Waals surface area (Å²) in [6.45, 7) is 4.27.